The molecule has 3 nitrogen and oxygen atoms in total. The fraction of sp³-hybridized carbons (Fsp3) is 0.667. The van der Waals surface area contributed by atoms with E-state index < -0.39 is 5.54 Å². The van der Waals surface area contributed by atoms with Crippen LogP contribution in [0.25, 0.3) is 0 Å². The number of amides is 1. The maximum absolute atomic E-state index is 11.3. The van der Waals surface area contributed by atoms with E-state index in [4.69, 9.17) is 12.2 Å². The Balaban J connectivity index is 4.15. The van der Waals surface area contributed by atoms with Crippen molar-refractivity contribution in [2.24, 2.45) is 5.73 Å². The van der Waals surface area contributed by atoms with E-state index in [1.807, 2.05) is 6.92 Å². The van der Waals surface area contributed by atoms with Gasteiger partial charge in [0.25, 0.3) is 0 Å². The van der Waals surface area contributed by atoms with Crippen LogP contribution in [0.1, 0.15) is 27.2 Å². The normalized spacial score (nSPS) is 17.2. The highest BCUT2D eigenvalue weighted by atomic mass is 16.2. The molecule has 0 radical (unpaired) electrons. The second-order valence-electron chi connectivity index (χ2n) is 3.13. The molecule has 0 rings (SSSR count). The highest BCUT2D eigenvalue weighted by Crippen LogP contribution is 2.04. The molecule has 2 atom stereocenters. The lowest BCUT2D eigenvalue weighted by atomic mass is 9.99. The van der Waals surface area contributed by atoms with Crippen molar-refractivity contribution in [1.82, 2.24) is 5.32 Å². The number of rotatable bonds is 3. The Kier molecular flexibility index (Phi) is 3.78. The van der Waals surface area contributed by atoms with Gasteiger partial charge in [0.1, 0.15) is 0 Å². The molecule has 0 heterocycles. The van der Waals surface area contributed by atoms with Gasteiger partial charge >= 0.3 is 0 Å². The lowest BCUT2D eigenvalue weighted by Gasteiger charge is -2.22. The van der Waals surface area contributed by atoms with Gasteiger partial charge in [-0.2, -0.15) is 0 Å². The number of nitrogens with one attached hydrogen (secondary N) is 1. The predicted octanol–water partition coefficient (Wildman–Crippen LogP) is 0.252. The molecule has 0 saturated heterocycles. The highest BCUT2D eigenvalue weighted by Gasteiger charge is 2.26. The lowest BCUT2D eigenvalue weighted by Crippen LogP contribution is -2.53. The Morgan fingerprint density at radius 3 is 2.67 bits per heavy atom. The molecule has 1 amide bonds. The van der Waals surface area contributed by atoms with Crippen molar-refractivity contribution >= 4 is 5.91 Å². The average Bonchev–Trinajstić information content (AvgIpc) is 2.04. The van der Waals surface area contributed by atoms with Gasteiger partial charge in [0, 0.05) is 0 Å². The average molecular weight is 168 g/mol. The first-order valence-electron chi connectivity index (χ1n) is 4.00. The van der Waals surface area contributed by atoms with E-state index >= 15 is 0 Å². The maximum atomic E-state index is 11.3. The van der Waals surface area contributed by atoms with E-state index in [1.165, 1.54) is 0 Å². The van der Waals surface area contributed by atoms with Gasteiger partial charge in [0.2, 0.25) is 5.91 Å². The van der Waals surface area contributed by atoms with E-state index in [0.29, 0.717) is 6.42 Å². The molecule has 0 saturated carbocycles. The van der Waals surface area contributed by atoms with Crippen LogP contribution in [0.5, 0.6) is 0 Å². The predicted molar refractivity (Wildman–Crippen MR) is 49.3 cm³/mol. The first kappa shape index (κ1) is 11.0. The van der Waals surface area contributed by atoms with Crippen LogP contribution in [0, 0.1) is 12.3 Å². The van der Waals surface area contributed by atoms with Gasteiger partial charge in [-0.25, -0.2) is 0 Å². The standard InChI is InChI=1S/C9H16N2O/c1-5-7(3)11-8(12)9(4,10)6-2/h1,7H,6,10H2,2-4H3,(H,11,12). The third-order valence-electron chi connectivity index (χ3n) is 1.85. The summed E-state index contributed by atoms with van der Waals surface area (Å²) in [5.74, 6) is 2.21. The van der Waals surface area contributed by atoms with Crippen LogP contribution in [0.3, 0.4) is 0 Å². The molecule has 0 bridgehead atoms. The second-order valence-corrected chi connectivity index (χ2v) is 3.13. The number of carbonyl (C=O) groups is 1. The number of carbonyl (C=O) groups excluding carboxylic acids is 1. The van der Waals surface area contributed by atoms with Gasteiger partial charge in [0.15, 0.2) is 0 Å². The Morgan fingerprint density at radius 1 is 1.83 bits per heavy atom. The molecule has 3 N–H and O–H groups in total. The van der Waals surface area contributed by atoms with E-state index in [2.05, 4.69) is 11.2 Å². The fourth-order valence-corrected chi connectivity index (χ4v) is 0.564. The quantitative estimate of drug-likeness (QED) is 0.594. The third-order valence-corrected chi connectivity index (χ3v) is 1.85. The summed E-state index contributed by atoms with van der Waals surface area (Å²) in [6.07, 6.45) is 5.69. The number of nitrogens with two attached hydrogens (primary N) is 1. The SMILES string of the molecule is C#CC(C)NC(=O)C(C)(N)CC. The van der Waals surface area contributed by atoms with Crippen LogP contribution in [-0.2, 0) is 4.79 Å². The van der Waals surface area contributed by atoms with E-state index in [9.17, 15) is 4.79 Å². The van der Waals surface area contributed by atoms with Crippen molar-refractivity contribution in [3.63, 3.8) is 0 Å². The number of hydrogen-bond donors (Lipinski definition) is 2. The Bertz CT molecular complexity index is 203. The van der Waals surface area contributed by atoms with Crippen LogP contribution in [0.2, 0.25) is 0 Å². The van der Waals surface area contributed by atoms with E-state index in [0.717, 1.165) is 0 Å². The molecule has 2 unspecified atom stereocenters. The summed E-state index contributed by atoms with van der Waals surface area (Å²) >= 11 is 0. The molecular formula is C9H16N2O. The maximum Gasteiger partial charge on any atom is 0.240 e. The van der Waals surface area contributed by atoms with Crippen molar-refractivity contribution in [3.8, 4) is 12.3 Å². The van der Waals surface area contributed by atoms with Gasteiger partial charge in [-0.15, -0.1) is 6.42 Å². The van der Waals surface area contributed by atoms with E-state index in [1.54, 1.807) is 13.8 Å². The molecule has 68 valence electrons. The molecule has 3 heteroatoms. The highest BCUT2D eigenvalue weighted by molar-refractivity contribution is 5.85. The third kappa shape index (κ3) is 2.93. The van der Waals surface area contributed by atoms with Crippen molar-refractivity contribution in [2.45, 2.75) is 38.8 Å². The van der Waals surface area contributed by atoms with Gasteiger partial charge in [-0.3, -0.25) is 4.79 Å². The molecule has 0 aliphatic carbocycles. The molecule has 0 aromatic carbocycles. The summed E-state index contributed by atoms with van der Waals surface area (Å²) in [6.45, 7) is 5.29. The minimum absolute atomic E-state index is 0.199. The monoisotopic (exact) mass is 168 g/mol. The van der Waals surface area contributed by atoms with Crippen molar-refractivity contribution in [2.75, 3.05) is 0 Å². The van der Waals surface area contributed by atoms with Crippen LogP contribution in [0.4, 0.5) is 0 Å². The summed E-state index contributed by atoms with van der Waals surface area (Å²) in [6, 6.07) is -0.257. The largest absolute Gasteiger partial charge is 0.341 e. The topological polar surface area (TPSA) is 55.1 Å². The van der Waals surface area contributed by atoms with Gasteiger partial charge < -0.3 is 11.1 Å². The zero-order valence-corrected chi connectivity index (χ0v) is 7.85. The van der Waals surface area contributed by atoms with Crippen LogP contribution in [0.15, 0.2) is 0 Å². The molecular weight excluding hydrogens is 152 g/mol. The minimum atomic E-state index is -0.814. The van der Waals surface area contributed by atoms with Crippen molar-refractivity contribution in [1.29, 1.82) is 0 Å². The smallest absolute Gasteiger partial charge is 0.240 e. The molecule has 0 aromatic rings. The lowest BCUT2D eigenvalue weighted by molar-refractivity contribution is -0.126. The van der Waals surface area contributed by atoms with Crippen LogP contribution >= 0.6 is 0 Å². The van der Waals surface area contributed by atoms with Crippen molar-refractivity contribution < 1.29 is 4.79 Å². The zero-order valence-electron chi connectivity index (χ0n) is 7.85. The van der Waals surface area contributed by atoms with Gasteiger partial charge in [-0.05, 0) is 20.3 Å². The number of terminal acetylenes is 1. The molecule has 0 spiro atoms. The van der Waals surface area contributed by atoms with Crippen molar-refractivity contribution in [3.05, 3.63) is 0 Å². The summed E-state index contributed by atoms with van der Waals surface area (Å²) in [4.78, 5) is 11.3. The van der Waals surface area contributed by atoms with Crippen LogP contribution < -0.4 is 11.1 Å². The summed E-state index contributed by atoms with van der Waals surface area (Å²) in [5, 5.41) is 2.62. The minimum Gasteiger partial charge on any atom is -0.341 e. The Hall–Kier alpha value is -1.01. The molecule has 0 fully saturated rings. The van der Waals surface area contributed by atoms with Crippen LogP contribution in [-0.4, -0.2) is 17.5 Å². The van der Waals surface area contributed by atoms with Gasteiger partial charge in [0.05, 0.1) is 11.6 Å². The molecule has 0 aromatic heterocycles. The molecule has 12 heavy (non-hydrogen) atoms. The fourth-order valence-electron chi connectivity index (χ4n) is 0.564. The molecule has 0 aliphatic heterocycles. The Labute approximate surface area is 73.7 Å². The second kappa shape index (κ2) is 4.13. The first-order chi connectivity index (χ1) is 5.44. The van der Waals surface area contributed by atoms with Gasteiger partial charge in [-0.1, -0.05) is 12.8 Å². The first-order valence-corrected chi connectivity index (χ1v) is 4.00. The Morgan fingerprint density at radius 2 is 2.33 bits per heavy atom. The molecule has 0 aliphatic rings. The zero-order chi connectivity index (χ0) is 9.78. The summed E-state index contributed by atoms with van der Waals surface area (Å²) in [7, 11) is 0. The summed E-state index contributed by atoms with van der Waals surface area (Å²) in [5.41, 5.74) is 4.87. The van der Waals surface area contributed by atoms with E-state index in [-0.39, 0.29) is 11.9 Å². The number of hydrogen-bond acceptors (Lipinski definition) is 2. The summed E-state index contributed by atoms with van der Waals surface area (Å²) < 4.78 is 0.